The van der Waals surface area contributed by atoms with Crippen LogP contribution in [0.2, 0.25) is 0 Å². The Bertz CT molecular complexity index is 569. The maximum absolute atomic E-state index is 12.5. The van der Waals surface area contributed by atoms with Gasteiger partial charge in [-0.05, 0) is 49.4 Å². The van der Waals surface area contributed by atoms with Crippen LogP contribution in [-0.2, 0) is 14.8 Å². The first-order chi connectivity index (χ1) is 9.66. The van der Waals surface area contributed by atoms with E-state index in [2.05, 4.69) is 4.72 Å². The molecule has 0 aromatic heterocycles. The quantitative estimate of drug-likeness (QED) is 0.597. The third-order valence-corrected chi connectivity index (χ3v) is 5.07. The van der Waals surface area contributed by atoms with Crippen LogP contribution in [0.15, 0.2) is 11.0 Å². The Kier molecular flexibility index (Phi) is 6.19. The van der Waals surface area contributed by atoms with E-state index >= 15 is 0 Å². The van der Waals surface area contributed by atoms with E-state index in [1.807, 2.05) is 20.8 Å². The fourth-order valence-electron chi connectivity index (χ4n) is 2.08. The van der Waals surface area contributed by atoms with Gasteiger partial charge >= 0.3 is 0 Å². The summed E-state index contributed by atoms with van der Waals surface area (Å²) in [7, 11) is -3.58. The molecule has 6 heteroatoms. The second kappa shape index (κ2) is 7.24. The van der Waals surface area contributed by atoms with Crippen molar-refractivity contribution in [2.24, 2.45) is 5.92 Å². The molecule has 0 saturated carbocycles. The highest BCUT2D eigenvalue weighted by molar-refractivity contribution is 7.89. The van der Waals surface area contributed by atoms with Crippen LogP contribution < -0.4 is 10.5 Å². The summed E-state index contributed by atoms with van der Waals surface area (Å²) in [5.74, 6) is 0.433. The van der Waals surface area contributed by atoms with Gasteiger partial charge in [0.15, 0.2) is 0 Å². The van der Waals surface area contributed by atoms with Gasteiger partial charge in [0.25, 0.3) is 0 Å². The first-order valence-corrected chi connectivity index (χ1v) is 8.58. The number of nitrogens with two attached hydrogens (primary N) is 1. The van der Waals surface area contributed by atoms with Gasteiger partial charge in [-0.2, -0.15) is 0 Å². The van der Waals surface area contributed by atoms with Crippen molar-refractivity contribution in [3.8, 4) is 0 Å². The van der Waals surface area contributed by atoms with Crippen LogP contribution in [0.4, 0.5) is 5.69 Å². The van der Waals surface area contributed by atoms with Crippen LogP contribution >= 0.6 is 0 Å². The monoisotopic (exact) mass is 314 g/mol. The Morgan fingerprint density at radius 1 is 1.24 bits per heavy atom. The molecule has 0 aliphatic carbocycles. The van der Waals surface area contributed by atoms with Crippen molar-refractivity contribution in [1.82, 2.24) is 4.72 Å². The second-order valence-corrected chi connectivity index (χ2v) is 7.43. The van der Waals surface area contributed by atoms with Crippen LogP contribution in [0.5, 0.6) is 0 Å². The van der Waals surface area contributed by atoms with E-state index < -0.39 is 10.0 Å². The van der Waals surface area contributed by atoms with Gasteiger partial charge in [-0.15, -0.1) is 0 Å². The summed E-state index contributed by atoms with van der Waals surface area (Å²) >= 11 is 0. The zero-order valence-corrected chi connectivity index (χ0v) is 14.3. The SMILES string of the molecule is Cc1cc(N)c(C)c(S(=O)(=O)NCCOCC(C)C)c1C. The van der Waals surface area contributed by atoms with Crippen molar-refractivity contribution in [1.29, 1.82) is 0 Å². The number of ether oxygens (including phenoxy) is 1. The molecule has 1 aromatic rings. The molecule has 0 atom stereocenters. The van der Waals surface area contributed by atoms with Crippen molar-refractivity contribution < 1.29 is 13.2 Å². The molecule has 0 fully saturated rings. The summed E-state index contributed by atoms with van der Waals surface area (Å²) in [6.45, 7) is 10.7. The summed E-state index contributed by atoms with van der Waals surface area (Å²) < 4.78 is 32.9. The molecule has 1 aromatic carbocycles. The topological polar surface area (TPSA) is 81.4 Å². The van der Waals surface area contributed by atoms with Gasteiger partial charge in [0.2, 0.25) is 10.0 Å². The van der Waals surface area contributed by atoms with Gasteiger partial charge in [-0.25, -0.2) is 13.1 Å². The van der Waals surface area contributed by atoms with Crippen LogP contribution in [-0.4, -0.2) is 28.2 Å². The minimum Gasteiger partial charge on any atom is -0.398 e. The largest absolute Gasteiger partial charge is 0.398 e. The van der Waals surface area contributed by atoms with Crippen molar-refractivity contribution in [2.75, 3.05) is 25.5 Å². The minimum absolute atomic E-state index is 0.252. The van der Waals surface area contributed by atoms with E-state index in [-0.39, 0.29) is 11.4 Å². The molecule has 1 rings (SSSR count). The summed E-state index contributed by atoms with van der Waals surface area (Å²) in [6.07, 6.45) is 0. The van der Waals surface area contributed by atoms with E-state index in [0.717, 1.165) is 11.1 Å². The Balaban J connectivity index is 2.84. The molecule has 0 saturated heterocycles. The molecule has 0 amide bonds. The zero-order chi connectivity index (χ0) is 16.2. The number of hydrogen-bond donors (Lipinski definition) is 2. The van der Waals surface area contributed by atoms with Crippen LogP contribution in [0, 0.1) is 26.7 Å². The van der Waals surface area contributed by atoms with Crippen molar-refractivity contribution in [2.45, 2.75) is 39.5 Å². The molecule has 0 bridgehead atoms. The Morgan fingerprint density at radius 2 is 1.86 bits per heavy atom. The lowest BCUT2D eigenvalue weighted by Gasteiger charge is -2.16. The third-order valence-electron chi connectivity index (χ3n) is 3.34. The third kappa shape index (κ3) is 4.69. The number of aryl methyl sites for hydroxylation is 1. The van der Waals surface area contributed by atoms with Crippen LogP contribution in [0.25, 0.3) is 0 Å². The predicted molar refractivity (Wildman–Crippen MR) is 85.9 cm³/mol. The molecule has 21 heavy (non-hydrogen) atoms. The number of anilines is 1. The Hall–Kier alpha value is -1.11. The fourth-order valence-corrected chi connectivity index (χ4v) is 3.67. The molecule has 120 valence electrons. The first kappa shape index (κ1) is 17.9. The molecule has 0 aliphatic heterocycles. The lowest BCUT2D eigenvalue weighted by atomic mass is 10.1. The maximum atomic E-state index is 12.5. The summed E-state index contributed by atoms with van der Waals surface area (Å²) in [5.41, 5.74) is 8.57. The lowest BCUT2D eigenvalue weighted by molar-refractivity contribution is 0.114. The molecule has 3 N–H and O–H groups in total. The van der Waals surface area contributed by atoms with Gasteiger partial charge < -0.3 is 10.5 Å². The van der Waals surface area contributed by atoms with Gasteiger partial charge in [-0.1, -0.05) is 13.8 Å². The number of benzene rings is 1. The molecule has 0 spiro atoms. The highest BCUT2D eigenvalue weighted by atomic mass is 32.2. The number of rotatable bonds is 7. The smallest absolute Gasteiger partial charge is 0.241 e. The summed E-state index contributed by atoms with van der Waals surface area (Å²) in [5, 5.41) is 0. The lowest BCUT2D eigenvalue weighted by Crippen LogP contribution is -2.29. The van der Waals surface area contributed by atoms with E-state index in [1.165, 1.54) is 0 Å². The van der Waals surface area contributed by atoms with Gasteiger partial charge in [0, 0.05) is 18.8 Å². The van der Waals surface area contributed by atoms with Crippen molar-refractivity contribution in [3.63, 3.8) is 0 Å². The number of nitrogen functional groups attached to an aromatic ring is 1. The van der Waals surface area contributed by atoms with E-state index in [4.69, 9.17) is 10.5 Å². The molecular formula is C15H26N2O3S. The molecule has 0 radical (unpaired) electrons. The van der Waals surface area contributed by atoms with Gasteiger partial charge in [0.1, 0.15) is 0 Å². The summed E-state index contributed by atoms with van der Waals surface area (Å²) in [4.78, 5) is 0.281. The Morgan fingerprint density at radius 3 is 2.43 bits per heavy atom. The van der Waals surface area contributed by atoms with Crippen LogP contribution in [0.3, 0.4) is 0 Å². The second-order valence-electron chi connectivity index (χ2n) is 5.73. The highest BCUT2D eigenvalue weighted by Gasteiger charge is 2.21. The van der Waals surface area contributed by atoms with E-state index in [1.54, 1.807) is 19.9 Å². The number of hydrogen-bond acceptors (Lipinski definition) is 4. The standard InChI is InChI=1S/C15H26N2O3S/c1-10(2)9-20-7-6-17-21(18,19)15-12(4)11(3)8-14(16)13(15)5/h8,10,17H,6-7,9,16H2,1-5H3. The first-order valence-electron chi connectivity index (χ1n) is 7.10. The zero-order valence-electron chi connectivity index (χ0n) is 13.5. The highest BCUT2D eigenvalue weighted by Crippen LogP contribution is 2.27. The summed E-state index contributed by atoms with van der Waals surface area (Å²) in [6, 6.07) is 1.80. The minimum atomic E-state index is -3.58. The predicted octanol–water partition coefficient (Wildman–Crippen LogP) is 2.14. The molecule has 0 aliphatic rings. The molecule has 0 unspecified atom stereocenters. The fraction of sp³-hybridized carbons (Fsp3) is 0.600. The normalized spacial score (nSPS) is 12.1. The van der Waals surface area contributed by atoms with Crippen LogP contribution in [0.1, 0.15) is 30.5 Å². The number of sulfonamides is 1. The van der Waals surface area contributed by atoms with Crippen molar-refractivity contribution in [3.05, 3.63) is 22.8 Å². The molecular weight excluding hydrogens is 288 g/mol. The Labute approximate surface area is 127 Å². The van der Waals surface area contributed by atoms with Gasteiger partial charge in [-0.3, -0.25) is 0 Å². The van der Waals surface area contributed by atoms with Gasteiger partial charge in [0.05, 0.1) is 11.5 Å². The number of nitrogens with one attached hydrogen (secondary N) is 1. The average Bonchev–Trinajstić information content (AvgIpc) is 2.35. The van der Waals surface area contributed by atoms with E-state index in [9.17, 15) is 8.42 Å². The molecule has 5 nitrogen and oxygen atoms in total. The molecule has 0 heterocycles. The van der Waals surface area contributed by atoms with E-state index in [0.29, 0.717) is 30.4 Å². The van der Waals surface area contributed by atoms with Crippen molar-refractivity contribution >= 4 is 15.7 Å². The maximum Gasteiger partial charge on any atom is 0.241 e. The average molecular weight is 314 g/mol.